The standard InChI is InChI=1S/C8H12IN3/c9-8-6-12(11-10-8)7-4-2-1-3-5-7/h6-7H,1-5H2. The minimum absolute atomic E-state index is 0.620. The Labute approximate surface area is 85.7 Å². The fraction of sp³-hybridized carbons (Fsp3) is 0.750. The molecule has 1 aromatic heterocycles. The summed E-state index contributed by atoms with van der Waals surface area (Å²) in [6, 6.07) is 0.620. The smallest absolute Gasteiger partial charge is 0.143 e. The number of rotatable bonds is 1. The molecule has 0 aliphatic heterocycles. The molecule has 1 aliphatic rings. The Balaban J connectivity index is 2.08. The van der Waals surface area contributed by atoms with Crippen molar-refractivity contribution >= 4 is 22.6 Å². The third-order valence-electron chi connectivity index (χ3n) is 2.43. The molecule has 1 aromatic rings. The topological polar surface area (TPSA) is 30.7 Å². The molecule has 1 aliphatic carbocycles. The van der Waals surface area contributed by atoms with Crippen LogP contribution in [0.5, 0.6) is 0 Å². The van der Waals surface area contributed by atoms with Crippen LogP contribution in [-0.4, -0.2) is 15.0 Å². The lowest BCUT2D eigenvalue weighted by molar-refractivity contribution is 0.324. The number of halogens is 1. The third-order valence-corrected chi connectivity index (χ3v) is 2.93. The minimum Gasteiger partial charge on any atom is -0.248 e. The van der Waals surface area contributed by atoms with Crippen LogP contribution in [0.1, 0.15) is 38.1 Å². The third kappa shape index (κ3) is 1.78. The molecule has 0 N–H and O–H groups in total. The zero-order chi connectivity index (χ0) is 8.39. The van der Waals surface area contributed by atoms with E-state index in [2.05, 4.69) is 32.9 Å². The maximum absolute atomic E-state index is 4.10. The molecule has 12 heavy (non-hydrogen) atoms. The van der Waals surface area contributed by atoms with E-state index < -0.39 is 0 Å². The van der Waals surface area contributed by atoms with E-state index in [0.29, 0.717) is 6.04 Å². The quantitative estimate of drug-likeness (QED) is 0.738. The highest BCUT2D eigenvalue weighted by atomic mass is 127. The van der Waals surface area contributed by atoms with Gasteiger partial charge in [0.05, 0.1) is 12.2 Å². The van der Waals surface area contributed by atoms with E-state index in [9.17, 15) is 0 Å². The van der Waals surface area contributed by atoms with Gasteiger partial charge in [0, 0.05) is 0 Å². The van der Waals surface area contributed by atoms with Crippen LogP contribution >= 0.6 is 22.6 Å². The Morgan fingerprint density at radius 2 is 2.08 bits per heavy atom. The molecule has 1 saturated carbocycles. The van der Waals surface area contributed by atoms with Crippen molar-refractivity contribution in [2.75, 3.05) is 0 Å². The van der Waals surface area contributed by atoms with Gasteiger partial charge in [-0.2, -0.15) is 0 Å². The predicted octanol–water partition coefficient (Wildman–Crippen LogP) is 2.39. The average Bonchev–Trinajstić information content (AvgIpc) is 2.54. The number of nitrogens with zero attached hydrogens (tertiary/aromatic N) is 3. The average molecular weight is 277 g/mol. The first-order valence-corrected chi connectivity index (χ1v) is 5.51. The van der Waals surface area contributed by atoms with Crippen LogP contribution in [0.3, 0.4) is 0 Å². The van der Waals surface area contributed by atoms with Gasteiger partial charge in [0.2, 0.25) is 0 Å². The van der Waals surface area contributed by atoms with E-state index in [1.807, 2.05) is 10.9 Å². The second kappa shape index (κ2) is 3.72. The van der Waals surface area contributed by atoms with E-state index in [4.69, 9.17) is 0 Å². The number of aromatic nitrogens is 3. The molecule has 0 unspecified atom stereocenters. The molecule has 0 aromatic carbocycles. The van der Waals surface area contributed by atoms with Gasteiger partial charge in [0.25, 0.3) is 0 Å². The van der Waals surface area contributed by atoms with E-state index in [1.165, 1.54) is 32.1 Å². The van der Waals surface area contributed by atoms with Crippen LogP contribution in [0.2, 0.25) is 0 Å². The van der Waals surface area contributed by atoms with E-state index in [-0.39, 0.29) is 0 Å². The summed E-state index contributed by atoms with van der Waals surface area (Å²) in [7, 11) is 0. The van der Waals surface area contributed by atoms with E-state index in [0.717, 1.165) is 3.70 Å². The second-order valence-corrected chi connectivity index (χ2v) is 4.42. The highest BCUT2D eigenvalue weighted by molar-refractivity contribution is 14.1. The zero-order valence-corrected chi connectivity index (χ0v) is 9.07. The van der Waals surface area contributed by atoms with Crippen molar-refractivity contribution in [2.45, 2.75) is 38.1 Å². The molecule has 0 bridgehead atoms. The van der Waals surface area contributed by atoms with Crippen LogP contribution in [0.4, 0.5) is 0 Å². The maximum Gasteiger partial charge on any atom is 0.143 e. The Bertz CT molecular complexity index is 253. The molecule has 4 heteroatoms. The lowest BCUT2D eigenvalue weighted by atomic mass is 9.96. The second-order valence-electron chi connectivity index (χ2n) is 3.31. The first-order valence-electron chi connectivity index (χ1n) is 4.43. The molecule has 1 heterocycles. The van der Waals surface area contributed by atoms with Gasteiger partial charge in [-0.3, -0.25) is 0 Å². The Morgan fingerprint density at radius 3 is 2.67 bits per heavy atom. The molecule has 2 rings (SSSR count). The Morgan fingerprint density at radius 1 is 1.33 bits per heavy atom. The van der Waals surface area contributed by atoms with Crippen molar-refractivity contribution in [2.24, 2.45) is 0 Å². The highest BCUT2D eigenvalue weighted by Gasteiger charge is 2.15. The number of hydrogen-bond acceptors (Lipinski definition) is 2. The van der Waals surface area contributed by atoms with Crippen molar-refractivity contribution < 1.29 is 0 Å². The van der Waals surface area contributed by atoms with Crippen molar-refractivity contribution in [1.29, 1.82) is 0 Å². The fourth-order valence-electron chi connectivity index (χ4n) is 1.78. The fourth-order valence-corrected chi connectivity index (χ4v) is 2.16. The molecule has 0 saturated heterocycles. The molecule has 0 radical (unpaired) electrons. The summed E-state index contributed by atoms with van der Waals surface area (Å²) in [5.41, 5.74) is 0. The van der Waals surface area contributed by atoms with Gasteiger partial charge in [-0.05, 0) is 35.4 Å². The Hall–Kier alpha value is -0.130. The van der Waals surface area contributed by atoms with Gasteiger partial charge < -0.3 is 0 Å². The van der Waals surface area contributed by atoms with E-state index >= 15 is 0 Å². The lowest BCUT2D eigenvalue weighted by Crippen LogP contribution is -2.13. The monoisotopic (exact) mass is 277 g/mol. The maximum atomic E-state index is 4.10. The zero-order valence-electron chi connectivity index (χ0n) is 6.91. The summed E-state index contributed by atoms with van der Waals surface area (Å²) in [5.74, 6) is 0. The summed E-state index contributed by atoms with van der Waals surface area (Å²) in [5, 5.41) is 8.09. The van der Waals surface area contributed by atoms with Gasteiger partial charge in [-0.1, -0.05) is 24.5 Å². The number of hydrogen-bond donors (Lipinski definition) is 0. The molecule has 3 nitrogen and oxygen atoms in total. The van der Waals surface area contributed by atoms with Crippen molar-refractivity contribution in [3.63, 3.8) is 0 Å². The summed E-state index contributed by atoms with van der Waals surface area (Å²) in [4.78, 5) is 0. The molecular weight excluding hydrogens is 265 g/mol. The van der Waals surface area contributed by atoms with Crippen LogP contribution in [0.15, 0.2) is 6.20 Å². The molecular formula is C8H12IN3. The minimum atomic E-state index is 0.620. The van der Waals surface area contributed by atoms with Gasteiger partial charge >= 0.3 is 0 Å². The molecule has 1 fully saturated rings. The van der Waals surface area contributed by atoms with Crippen molar-refractivity contribution in [3.05, 3.63) is 9.90 Å². The van der Waals surface area contributed by atoms with Crippen molar-refractivity contribution in [1.82, 2.24) is 15.0 Å². The SMILES string of the molecule is Ic1cn(C2CCCCC2)nn1. The summed E-state index contributed by atoms with van der Waals surface area (Å²) in [6.07, 6.45) is 8.68. The lowest BCUT2D eigenvalue weighted by Gasteiger charge is -2.20. The summed E-state index contributed by atoms with van der Waals surface area (Å²) < 4.78 is 3.03. The molecule has 66 valence electrons. The summed E-state index contributed by atoms with van der Waals surface area (Å²) >= 11 is 2.20. The molecule has 0 amide bonds. The normalized spacial score (nSPS) is 19.8. The molecule has 0 spiro atoms. The first kappa shape index (κ1) is 8.47. The predicted molar refractivity (Wildman–Crippen MR) is 54.9 cm³/mol. The Kier molecular flexibility index (Phi) is 2.63. The largest absolute Gasteiger partial charge is 0.248 e. The van der Waals surface area contributed by atoms with Crippen molar-refractivity contribution in [3.8, 4) is 0 Å². The first-order chi connectivity index (χ1) is 5.86. The summed E-state index contributed by atoms with van der Waals surface area (Å²) in [6.45, 7) is 0. The van der Waals surface area contributed by atoms with Crippen LogP contribution in [0, 0.1) is 3.70 Å². The van der Waals surface area contributed by atoms with Gasteiger partial charge in [0.15, 0.2) is 0 Å². The molecule has 0 atom stereocenters. The van der Waals surface area contributed by atoms with Gasteiger partial charge in [-0.15, -0.1) is 5.10 Å². The highest BCUT2D eigenvalue weighted by Crippen LogP contribution is 2.27. The van der Waals surface area contributed by atoms with E-state index in [1.54, 1.807) is 0 Å². The van der Waals surface area contributed by atoms with Gasteiger partial charge in [0.1, 0.15) is 3.70 Å². The van der Waals surface area contributed by atoms with Crippen LogP contribution in [-0.2, 0) is 0 Å². The van der Waals surface area contributed by atoms with Gasteiger partial charge in [-0.25, -0.2) is 4.68 Å². The van der Waals surface area contributed by atoms with Crippen LogP contribution < -0.4 is 0 Å². The van der Waals surface area contributed by atoms with Crippen LogP contribution in [0.25, 0.3) is 0 Å².